The van der Waals surface area contributed by atoms with Gasteiger partial charge in [0.05, 0.1) is 20.8 Å². The molecule has 1 N–H and O–H groups in total. The molecule has 1 aromatic carbocycles. The molecule has 1 heterocycles. The van der Waals surface area contributed by atoms with Gasteiger partial charge in [0, 0.05) is 5.56 Å². The first-order valence-electron chi connectivity index (χ1n) is 5.93. The Morgan fingerprint density at radius 2 is 2.05 bits per heavy atom. The first-order chi connectivity index (χ1) is 9.63. The molecule has 1 amide bonds. The summed E-state index contributed by atoms with van der Waals surface area (Å²) in [6, 6.07) is 4.92. The molecule has 0 radical (unpaired) electrons. The van der Waals surface area contributed by atoms with E-state index < -0.39 is 0 Å². The minimum Gasteiger partial charge on any atom is -0.493 e. The summed E-state index contributed by atoms with van der Waals surface area (Å²) in [7, 11) is 3.05. The molecule has 0 aliphatic rings. The van der Waals surface area contributed by atoms with Crippen molar-refractivity contribution < 1.29 is 18.8 Å². The van der Waals surface area contributed by atoms with Crippen LogP contribution in [0.3, 0.4) is 0 Å². The number of hydrogen-bond acceptors (Lipinski definition) is 6. The van der Waals surface area contributed by atoms with Crippen LogP contribution in [-0.2, 0) is 6.54 Å². The van der Waals surface area contributed by atoms with E-state index in [1.807, 2.05) is 0 Å². The highest BCUT2D eigenvalue weighted by atomic mass is 16.5. The van der Waals surface area contributed by atoms with Crippen LogP contribution < -0.4 is 14.8 Å². The zero-order valence-electron chi connectivity index (χ0n) is 11.5. The quantitative estimate of drug-likeness (QED) is 0.887. The second-order valence-electron chi connectivity index (χ2n) is 3.99. The maximum atomic E-state index is 12.0. The summed E-state index contributed by atoms with van der Waals surface area (Å²) in [5.74, 6) is 1.68. The molecule has 0 spiro atoms. The summed E-state index contributed by atoms with van der Waals surface area (Å²) < 4.78 is 15.2. The number of aryl methyl sites for hydroxylation is 1. The summed E-state index contributed by atoms with van der Waals surface area (Å²) >= 11 is 0. The first kappa shape index (κ1) is 13.9. The van der Waals surface area contributed by atoms with E-state index in [9.17, 15) is 4.79 Å². The van der Waals surface area contributed by atoms with E-state index in [1.165, 1.54) is 14.2 Å². The van der Waals surface area contributed by atoms with E-state index in [0.717, 1.165) is 0 Å². The lowest BCUT2D eigenvalue weighted by Gasteiger charge is -2.09. The van der Waals surface area contributed by atoms with Gasteiger partial charge >= 0.3 is 0 Å². The van der Waals surface area contributed by atoms with Gasteiger partial charge in [-0.05, 0) is 25.1 Å². The maximum absolute atomic E-state index is 12.0. The molecule has 7 heteroatoms. The van der Waals surface area contributed by atoms with Crippen LogP contribution in [-0.4, -0.2) is 30.3 Å². The Hall–Kier alpha value is -2.57. The SMILES string of the molecule is COc1ccc(C(=O)NCc2nc(C)no2)cc1OC. The van der Waals surface area contributed by atoms with Gasteiger partial charge in [-0.15, -0.1) is 0 Å². The molecular formula is C13H15N3O4. The summed E-state index contributed by atoms with van der Waals surface area (Å²) in [5.41, 5.74) is 0.457. The molecular weight excluding hydrogens is 262 g/mol. The highest BCUT2D eigenvalue weighted by molar-refractivity contribution is 5.94. The molecule has 0 unspecified atom stereocenters. The minimum absolute atomic E-state index is 0.175. The van der Waals surface area contributed by atoms with Crippen molar-refractivity contribution >= 4 is 5.91 Å². The maximum Gasteiger partial charge on any atom is 0.251 e. The molecule has 0 atom stereocenters. The second-order valence-corrected chi connectivity index (χ2v) is 3.99. The van der Waals surface area contributed by atoms with Gasteiger partial charge in [0.15, 0.2) is 17.3 Å². The van der Waals surface area contributed by atoms with E-state index in [1.54, 1.807) is 25.1 Å². The number of benzene rings is 1. The van der Waals surface area contributed by atoms with Gasteiger partial charge in [-0.1, -0.05) is 5.16 Å². The number of aromatic nitrogens is 2. The fourth-order valence-electron chi connectivity index (χ4n) is 1.65. The summed E-state index contributed by atoms with van der Waals surface area (Å²) in [4.78, 5) is 16.0. The lowest BCUT2D eigenvalue weighted by molar-refractivity contribution is 0.0946. The number of hydrogen-bond donors (Lipinski definition) is 1. The van der Waals surface area contributed by atoms with Gasteiger partial charge in [-0.3, -0.25) is 4.79 Å². The smallest absolute Gasteiger partial charge is 0.251 e. The Balaban J connectivity index is 2.05. The number of ether oxygens (including phenoxy) is 2. The van der Waals surface area contributed by atoms with Crippen LogP contribution in [0.25, 0.3) is 0 Å². The van der Waals surface area contributed by atoms with Crippen LogP contribution in [0.4, 0.5) is 0 Å². The van der Waals surface area contributed by atoms with Crippen molar-refractivity contribution in [3.63, 3.8) is 0 Å². The monoisotopic (exact) mass is 277 g/mol. The van der Waals surface area contributed by atoms with Gasteiger partial charge < -0.3 is 19.3 Å². The largest absolute Gasteiger partial charge is 0.493 e. The summed E-state index contributed by atoms with van der Waals surface area (Å²) in [6.07, 6.45) is 0. The third-order valence-corrected chi connectivity index (χ3v) is 2.62. The Bertz CT molecular complexity index is 609. The van der Waals surface area contributed by atoms with Crippen molar-refractivity contribution in [3.05, 3.63) is 35.5 Å². The molecule has 0 bridgehead atoms. The Labute approximate surface area is 115 Å². The summed E-state index contributed by atoms with van der Waals surface area (Å²) in [6.45, 7) is 1.89. The van der Waals surface area contributed by atoms with E-state index in [4.69, 9.17) is 14.0 Å². The zero-order valence-corrected chi connectivity index (χ0v) is 11.5. The molecule has 0 fully saturated rings. The van der Waals surface area contributed by atoms with Gasteiger partial charge in [-0.25, -0.2) is 0 Å². The average Bonchev–Trinajstić information content (AvgIpc) is 2.89. The van der Waals surface area contributed by atoms with Gasteiger partial charge in [0.2, 0.25) is 5.89 Å². The zero-order chi connectivity index (χ0) is 14.5. The van der Waals surface area contributed by atoms with E-state index in [2.05, 4.69) is 15.5 Å². The lowest BCUT2D eigenvalue weighted by atomic mass is 10.2. The highest BCUT2D eigenvalue weighted by Gasteiger charge is 2.11. The highest BCUT2D eigenvalue weighted by Crippen LogP contribution is 2.27. The molecule has 20 heavy (non-hydrogen) atoms. The Morgan fingerprint density at radius 3 is 2.65 bits per heavy atom. The fourth-order valence-corrected chi connectivity index (χ4v) is 1.65. The minimum atomic E-state index is -0.262. The lowest BCUT2D eigenvalue weighted by Crippen LogP contribution is -2.23. The predicted octanol–water partition coefficient (Wildman–Crippen LogP) is 1.33. The fraction of sp³-hybridized carbons (Fsp3) is 0.308. The van der Waals surface area contributed by atoms with Crippen LogP contribution in [0.15, 0.2) is 22.7 Å². The van der Waals surface area contributed by atoms with Crippen molar-refractivity contribution in [1.82, 2.24) is 15.5 Å². The molecule has 0 aliphatic heterocycles. The number of carbonyl (C=O) groups excluding carboxylic acids is 1. The van der Waals surface area contributed by atoms with Crippen molar-refractivity contribution in [1.29, 1.82) is 0 Å². The molecule has 106 valence electrons. The van der Waals surface area contributed by atoms with E-state index >= 15 is 0 Å². The van der Waals surface area contributed by atoms with Gasteiger partial charge in [0.1, 0.15) is 0 Å². The number of amides is 1. The second kappa shape index (κ2) is 6.05. The molecule has 0 saturated carbocycles. The number of nitrogens with zero attached hydrogens (tertiary/aromatic N) is 2. The molecule has 0 saturated heterocycles. The number of rotatable bonds is 5. The third kappa shape index (κ3) is 3.05. The van der Waals surface area contributed by atoms with Crippen LogP contribution in [0.1, 0.15) is 22.1 Å². The van der Waals surface area contributed by atoms with Crippen LogP contribution in [0, 0.1) is 6.92 Å². The molecule has 2 aromatic rings. The van der Waals surface area contributed by atoms with Crippen LogP contribution >= 0.6 is 0 Å². The van der Waals surface area contributed by atoms with E-state index in [-0.39, 0.29) is 12.5 Å². The van der Waals surface area contributed by atoms with E-state index in [0.29, 0.717) is 28.8 Å². The normalized spacial score (nSPS) is 10.2. The Kier molecular flexibility index (Phi) is 4.19. The van der Waals surface area contributed by atoms with Crippen molar-refractivity contribution in [2.24, 2.45) is 0 Å². The number of methoxy groups -OCH3 is 2. The van der Waals surface area contributed by atoms with Crippen molar-refractivity contribution in [2.75, 3.05) is 14.2 Å². The van der Waals surface area contributed by atoms with Crippen molar-refractivity contribution in [3.8, 4) is 11.5 Å². The Morgan fingerprint density at radius 1 is 1.30 bits per heavy atom. The summed E-state index contributed by atoms with van der Waals surface area (Å²) in [5, 5.41) is 6.33. The van der Waals surface area contributed by atoms with Crippen molar-refractivity contribution in [2.45, 2.75) is 13.5 Å². The van der Waals surface area contributed by atoms with Crippen LogP contribution in [0.5, 0.6) is 11.5 Å². The average molecular weight is 277 g/mol. The van der Waals surface area contributed by atoms with Crippen LogP contribution in [0.2, 0.25) is 0 Å². The first-order valence-corrected chi connectivity index (χ1v) is 5.93. The molecule has 7 nitrogen and oxygen atoms in total. The molecule has 2 rings (SSSR count). The van der Waals surface area contributed by atoms with Gasteiger partial charge in [-0.2, -0.15) is 4.98 Å². The molecule has 0 aliphatic carbocycles. The van der Waals surface area contributed by atoms with Gasteiger partial charge in [0.25, 0.3) is 5.91 Å². The topological polar surface area (TPSA) is 86.5 Å². The standard InChI is InChI=1S/C13H15N3O4/c1-8-15-12(20-16-8)7-14-13(17)9-4-5-10(18-2)11(6-9)19-3/h4-6H,7H2,1-3H3,(H,14,17). The molecule has 1 aromatic heterocycles. The predicted molar refractivity (Wildman–Crippen MR) is 69.8 cm³/mol. The number of nitrogens with one attached hydrogen (secondary N) is 1. The number of carbonyl (C=O) groups is 1. The third-order valence-electron chi connectivity index (χ3n) is 2.62.